The Morgan fingerprint density at radius 2 is 1.47 bits per heavy atom. The van der Waals surface area contributed by atoms with Crippen molar-refractivity contribution < 1.29 is 4.79 Å². The summed E-state index contributed by atoms with van der Waals surface area (Å²) in [5.41, 5.74) is 0. The summed E-state index contributed by atoms with van der Waals surface area (Å²) in [6.07, 6.45) is 13.7. The number of carbonyl (C=O) groups excluding carboxylic acids is 1. The van der Waals surface area contributed by atoms with Crippen molar-refractivity contribution in [2.75, 3.05) is 19.6 Å². The van der Waals surface area contributed by atoms with Gasteiger partial charge in [0.2, 0.25) is 5.91 Å². The maximum atomic E-state index is 12.0. The Morgan fingerprint density at radius 3 is 2.11 bits per heavy atom. The highest BCUT2D eigenvalue weighted by Crippen LogP contribution is 2.17. The number of hydrogen-bond acceptors (Lipinski definition) is 2. The number of hydrogen-bond donors (Lipinski definition) is 1. The Labute approximate surface area is 118 Å². The molecule has 0 spiro atoms. The van der Waals surface area contributed by atoms with Gasteiger partial charge in [-0.2, -0.15) is 0 Å². The zero-order valence-corrected chi connectivity index (χ0v) is 12.3. The minimum atomic E-state index is 0.274. The van der Waals surface area contributed by atoms with E-state index in [-0.39, 0.29) is 5.91 Å². The first-order chi connectivity index (χ1) is 9.34. The highest BCUT2D eigenvalue weighted by Gasteiger charge is 2.15. The molecule has 2 aliphatic rings. The van der Waals surface area contributed by atoms with Gasteiger partial charge >= 0.3 is 0 Å². The van der Waals surface area contributed by atoms with E-state index < -0.39 is 0 Å². The van der Waals surface area contributed by atoms with Gasteiger partial charge in [0, 0.05) is 19.0 Å². The molecule has 1 N–H and O–H groups in total. The van der Waals surface area contributed by atoms with Crippen molar-refractivity contribution in [3.8, 4) is 0 Å². The Kier molecular flexibility index (Phi) is 6.69. The summed E-state index contributed by atoms with van der Waals surface area (Å²) >= 11 is 0. The number of nitrogens with zero attached hydrogens (tertiary/aromatic N) is 1. The maximum absolute atomic E-state index is 12.0. The van der Waals surface area contributed by atoms with Crippen molar-refractivity contribution in [3.05, 3.63) is 0 Å². The van der Waals surface area contributed by atoms with Crippen LogP contribution in [0.25, 0.3) is 0 Å². The fourth-order valence-corrected chi connectivity index (χ4v) is 3.34. The molecule has 2 fully saturated rings. The second-order valence-electron chi connectivity index (χ2n) is 6.26. The van der Waals surface area contributed by atoms with E-state index in [2.05, 4.69) is 10.2 Å². The molecule has 1 amide bonds. The molecule has 0 aromatic carbocycles. The first kappa shape index (κ1) is 14.8. The summed E-state index contributed by atoms with van der Waals surface area (Å²) < 4.78 is 0. The van der Waals surface area contributed by atoms with Crippen LogP contribution in [0, 0.1) is 0 Å². The van der Waals surface area contributed by atoms with Crippen LogP contribution in [-0.4, -0.2) is 36.5 Å². The lowest BCUT2D eigenvalue weighted by molar-refractivity contribution is -0.122. The number of likely N-dealkylation sites (tertiary alicyclic amines) is 1. The fourth-order valence-electron chi connectivity index (χ4n) is 3.34. The molecule has 0 unspecified atom stereocenters. The van der Waals surface area contributed by atoms with Crippen molar-refractivity contribution in [2.24, 2.45) is 0 Å². The van der Waals surface area contributed by atoms with E-state index in [0.29, 0.717) is 12.5 Å². The minimum Gasteiger partial charge on any atom is -0.353 e. The van der Waals surface area contributed by atoms with Crippen molar-refractivity contribution >= 4 is 5.91 Å². The molecule has 1 heterocycles. The van der Waals surface area contributed by atoms with Gasteiger partial charge in [0.15, 0.2) is 0 Å². The SMILES string of the molecule is O=C(CCN1CCCCCC1)NC1CCCCCC1. The number of carbonyl (C=O) groups is 1. The third-order valence-electron chi connectivity index (χ3n) is 4.57. The first-order valence-electron chi connectivity index (χ1n) is 8.36. The monoisotopic (exact) mass is 266 g/mol. The topological polar surface area (TPSA) is 32.3 Å². The van der Waals surface area contributed by atoms with Crippen LogP contribution in [0.5, 0.6) is 0 Å². The molecule has 0 radical (unpaired) electrons. The average Bonchev–Trinajstić information content (AvgIpc) is 2.80. The van der Waals surface area contributed by atoms with Crippen molar-refractivity contribution in [3.63, 3.8) is 0 Å². The van der Waals surface area contributed by atoms with E-state index in [1.807, 2.05) is 0 Å². The lowest BCUT2D eigenvalue weighted by atomic mass is 10.1. The molecule has 19 heavy (non-hydrogen) atoms. The van der Waals surface area contributed by atoms with Crippen LogP contribution in [0.4, 0.5) is 0 Å². The fraction of sp³-hybridized carbons (Fsp3) is 0.938. The minimum absolute atomic E-state index is 0.274. The van der Waals surface area contributed by atoms with Crippen LogP contribution in [-0.2, 0) is 4.79 Å². The first-order valence-corrected chi connectivity index (χ1v) is 8.36. The Balaban J connectivity index is 1.62. The smallest absolute Gasteiger partial charge is 0.221 e. The van der Waals surface area contributed by atoms with Gasteiger partial charge in [0.05, 0.1) is 0 Å². The lowest BCUT2D eigenvalue weighted by Gasteiger charge is -2.21. The number of rotatable bonds is 4. The van der Waals surface area contributed by atoms with Gasteiger partial charge in [-0.15, -0.1) is 0 Å². The molecule has 1 aliphatic heterocycles. The van der Waals surface area contributed by atoms with Gasteiger partial charge in [-0.05, 0) is 38.8 Å². The highest BCUT2D eigenvalue weighted by molar-refractivity contribution is 5.76. The van der Waals surface area contributed by atoms with E-state index in [4.69, 9.17) is 0 Å². The van der Waals surface area contributed by atoms with Gasteiger partial charge in [0.25, 0.3) is 0 Å². The lowest BCUT2D eigenvalue weighted by Crippen LogP contribution is -2.37. The molecule has 3 heteroatoms. The van der Waals surface area contributed by atoms with Gasteiger partial charge in [-0.3, -0.25) is 4.79 Å². The van der Waals surface area contributed by atoms with Gasteiger partial charge in [0.1, 0.15) is 0 Å². The highest BCUT2D eigenvalue weighted by atomic mass is 16.1. The largest absolute Gasteiger partial charge is 0.353 e. The summed E-state index contributed by atoms with van der Waals surface area (Å²) in [6, 6.07) is 0.458. The van der Waals surface area contributed by atoms with Gasteiger partial charge < -0.3 is 10.2 Å². The molecular formula is C16H30N2O. The summed E-state index contributed by atoms with van der Waals surface area (Å²) in [6.45, 7) is 3.34. The zero-order valence-electron chi connectivity index (χ0n) is 12.3. The molecule has 1 saturated heterocycles. The van der Waals surface area contributed by atoms with Gasteiger partial charge in [-0.1, -0.05) is 38.5 Å². The Morgan fingerprint density at radius 1 is 0.895 bits per heavy atom. The zero-order chi connectivity index (χ0) is 13.3. The molecule has 0 bridgehead atoms. The van der Waals surface area contributed by atoms with E-state index in [0.717, 1.165) is 6.54 Å². The van der Waals surface area contributed by atoms with Gasteiger partial charge in [-0.25, -0.2) is 0 Å². The molecule has 110 valence electrons. The second kappa shape index (κ2) is 8.57. The van der Waals surface area contributed by atoms with Crippen LogP contribution in [0.15, 0.2) is 0 Å². The summed E-state index contributed by atoms with van der Waals surface area (Å²) in [4.78, 5) is 14.5. The standard InChI is InChI=1S/C16H30N2O/c19-16(17-15-9-5-1-2-6-10-15)11-14-18-12-7-3-4-8-13-18/h15H,1-14H2,(H,17,19). The Hall–Kier alpha value is -0.570. The van der Waals surface area contributed by atoms with E-state index in [1.165, 1.54) is 77.3 Å². The van der Waals surface area contributed by atoms with Crippen molar-refractivity contribution in [1.29, 1.82) is 0 Å². The van der Waals surface area contributed by atoms with Crippen LogP contribution >= 0.6 is 0 Å². The molecule has 2 rings (SSSR count). The normalized spacial score (nSPS) is 23.6. The summed E-state index contributed by atoms with van der Waals surface area (Å²) in [5.74, 6) is 0.274. The predicted octanol–water partition coefficient (Wildman–Crippen LogP) is 3.09. The molecular weight excluding hydrogens is 236 g/mol. The van der Waals surface area contributed by atoms with Crippen LogP contribution in [0.3, 0.4) is 0 Å². The van der Waals surface area contributed by atoms with Crippen molar-refractivity contribution in [2.45, 2.75) is 76.7 Å². The quantitative estimate of drug-likeness (QED) is 0.793. The summed E-state index contributed by atoms with van der Waals surface area (Å²) in [7, 11) is 0. The maximum Gasteiger partial charge on any atom is 0.221 e. The second-order valence-corrected chi connectivity index (χ2v) is 6.26. The molecule has 0 aromatic rings. The van der Waals surface area contributed by atoms with E-state index >= 15 is 0 Å². The van der Waals surface area contributed by atoms with Crippen LogP contribution < -0.4 is 5.32 Å². The Bertz CT molecular complexity index is 251. The van der Waals surface area contributed by atoms with Crippen molar-refractivity contribution in [1.82, 2.24) is 10.2 Å². The summed E-state index contributed by atoms with van der Waals surface area (Å²) in [5, 5.41) is 3.25. The number of amides is 1. The molecule has 1 aliphatic carbocycles. The third-order valence-corrected chi connectivity index (χ3v) is 4.57. The van der Waals surface area contributed by atoms with E-state index in [1.54, 1.807) is 0 Å². The molecule has 0 atom stereocenters. The third kappa shape index (κ3) is 5.94. The van der Waals surface area contributed by atoms with Crippen LogP contribution in [0.1, 0.15) is 70.6 Å². The molecule has 3 nitrogen and oxygen atoms in total. The number of nitrogens with one attached hydrogen (secondary N) is 1. The molecule has 0 aromatic heterocycles. The predicted molar refractivity (Wildman–Crippen MR) is 79.2 cm³/mol. The van der Waals surface area contributed by atoms with E-state index in [9.17, 15) is 4.79 Å². The molecule has 1 saturated carbocycles. The average molecular weight is 266 g/mol. The van der Waals surface area contributed by atoms with Crippen LogP contribution in [0.2, 0.25) is 0 Å².